The number of hydrogen-bond acceptors (Lipinski definition) is 6. The number of carbonyl (C=O) groups is 3. The van der Waals surface area contributed by atoms with Crippen LogP contribution in [-0.2, 0) is 4.79 Å². The van der Waals surface area contributed by atoms with E-state index in [4.69, 9.17) is 0 Å². The number of pyridine rings is 1. The number of allylic oxidation sites excluding steroid dienone is 1. The van der Waals surface area contributed by atoms with E-state index in [1.807, 2.05) is 6.92 Å². The SMILES string of the molecule is Cc1ccc(C(=O)NC[C@H](NC(=O)c2ccccn2)C(=O)N/C(=C/C(C)C)B(O)O)cc1. The summed E-state index contributed by atoms with van der Waals surface area (Å²) in [6, 6.07) is 10.4. The first kappa shape index (κ1) is 24.8. The summed E-state index contributed by atoms with van der Waals surface area (Å²) in [6.45, 7) is 5.27. The maximum absolute atomic E-state index is 12.8. The molecule has 0 saturated carbocycles. The van der Waals surface area contributed by atoms with Gasteiger partial charge in [0.05, 0.1) is 0 Å². The smallest absolute Gasteiger partial charge is 0.422 e. The van der Waals surface area contributed by atoms with Crippen LogP contribution in [0.1, 0.15) is 40.3 Å². The van der Waals surface area contributed by atoms with E-state index < -0.39 is 30.9 Å². The minimum absolute atomic E-state index is 0.0742. The van der Waals surface area contributed by atoms with Crippen LogP contribution in [0.4, 0.5) is 0 Å². The quantitative estimate of drug-likeness (QED) is 0.363. The molecule has 0 saturated heterocycles. The normalized spacial score (nSPS) is 12.1. The number of nitrogens with one attached hydrogen (secondary N) is 3. The van der Waals surface area contributed by atoms with Crippen LogP contribution >= 0.6 is 0 Å². The van der Waals surface area contributed by atoms with Gasteiger partial charge in [-0.05, 0) is 37.1 Å². The second-order valence-corrected chi connectivity index (χ2v) is 7.55. The second kappa shape index (κ2) is 11.8. The Bertz CT molecular complexity index is 962. The van der Waals surface area contributed by atoms with Gasteiger partial charge in [-0.15, -0.1) is 0 Å². The van der Waals surface area contributed by atoms with Crippen molar-refractivity contribution in [3.05, 3.63) is 77.2 Å². The highest BCUT2D eigenvalue weighted by atomic mass is 16.4. The largest absolute Gasteiger partial charge is 0.505 e. The molecule has 0 fully saturated rings. The fourth-order valence-corrected chi connectivity index (χ4v) is 2.72. The predicted molar refractivity (Wildman–Crippen MR) is 120 cm³/mol. The van der Waals surface area contributed by atoms with Gasteiger partial charge in [0, 0.05) is 23.9 Å². The number of hydrogen-bond donors (Lipinski definition) is 5. The first-order valence-corrected chi connectivity index (χ1v) is 10.1. The van der Waals surface area contributed by atoms with Crippen LogP contribution in [0.3, 0.4) is 0 Å². The molecule has 1 aromatic heterocycles. The zero-order valence-corrected chi connectivity index (χ0v) is 18.2. The molecule has 3 amide bonds. The number of rotatable bonds is 9. The van der Waals surface area contributed by atoms with Crippen molar-refractivity contribution in [3.8, 4) is 0 Å². The van der Waals surface area contributed by atoms with Crippen LogP contribution in [0.2, 0.25) is 0 Å². The predicted octanol–water partition coefficient (Wildman–Crippen LogP) is 0.587. The van der Waals surface area contributed by atoms with Gasteiger partial charge in [0.1, 0.15) is 11.7 Å². The minimum atomic E-state index is -1.91. The molecule has 0 spiro atoms. The molecule has 0 bridgehead atoms. The summed E-state index contributed by atoms with van der Waals surface area (Å²) in [5.41, 5.74) is 1.37. The Kier molecular flexibility index (Phi) is 9.12. The second-order valence-electron chi connectivity index (χ2n) is 7.55. The number of aryl methyl sites for hydroxylation is 1. The lowest BCUT2D eigenvalue weighted by atomic mass is 9.83. The van der Waals surface area contributed by atoms with E-state index in [1.54, 1.807) is 50.2 Å². The lowest BCUT2D eigenvalue weighted by Gasteiger charge is -2.20. The molecule has 0 radical (unpaired) electrons. The number of amides is 3. The van der Waals surface area contributed by atoms with Gasteiger partial charge in [-0.2, -0.15) is 0 Å². The zero-order valence-electron chi connectivity index (χ0n) is 18.2. The molecule has 32 heavy (non-hydrogen) atoms. The van der Waals surface area contributed by atoms with E-state index in [0.717, 1.165) is 5.56 Å². The number of nitrogens with zero attached hydrogens (tertiary/aromatic N) is 1. The molecular weight excluding hydrogens is 411 g/mol. The highest BCUT2D eigenvalue weighted by molar-refractivity contribution is 6.51. The number of benzene rings is 1. The molecule has 10 heteroatoms. The summed E-state index contributed by atoms with van der Waals surface area (Å²) in [5.74, 6) is -1.84. The minimum Gasteiger partial charge on any atom is -0.422 e. The number of aromatic nitrogens is 1. The van der Waals surface area contributed by atoms with E-state index in [-0.39, 0.29) is 23.8 Å². The van der Waals surface area contributed by atoms with Gasteiger partial charge in [-0.1, -0.05) is 43.7 Å². The van der Waals surface area contributed by atoms with Crippen molar-refractivity contribution < 1.29 is 24.4 Å². The van der Waals surface area contributed by atoms with Gasteiger partial charge in [-0.3, -0.25) is 19.4 Å². The van der Waals surface area contributed by atoms with Gasteiger partial charge in [0.25, 0.3) is 11.8 Å². The molecule has 1 heterocycles. The lowest BCUT2D eigenvalue weighted by Crippen LogP contribution is -2.53. The van der Waals surface area contributed by atoms with Crippen molar-refractivity contribution >= 4 is 24.8 Å². The van der Waals surface area contributed by atoms with E-state index >= 15 is 0 Å². The van der Waals surface area contributed by atoms with Crippen LogP contribution < -0.4 is 16.0 Å². The van der Waals surface area contributed by atoms with Gasteiger partial charge >= 0.3 is 7.12 Å². The molecule has 1 aromatic carbocycles. The molecule has 2 rings (SSSR count). The standard InChI is InChI=1S/C22H27BN4O5/c1-14(2)12-19(23(31)32)27-22(30)18(26-21(29)17-6-4-5-11-24-17)13-25-20(28)16-9-7-15(3)8-10-16/h4-12,14,18,31-32H,13H2,1-3H3,(H,25,28)(H,26,29)(H,27,30)/b19-12+/t18-/m0/s1. The highest BCUT2D eigenvalue weighted by Crippen LogP contribution is 2.04. The summed E-state index contributed by atoms with van der Waals surface area (Å²) in [7, 11) is -1.91. The summed E-state index contributed by atoms with van der Waals surface area (Å²) in [6.07, 6.45) is 2.92. The fraction of sp³-hybridized carbons (Fsp3) is 0.273. The monoisotopic (exact) mass is 438 g/mol. The fourth-order valence-electron chi connectivity index (χ4n) is 2.72. The first-order valence-electron chi connectivity index (χ1n) is 10.1. The molecule has 5 N–H and O–H groups in total. The third-order valence-electron chi connectivity index (χ3n) is 4.36. The Morgan fingerprint density at radius 3 is 2.31 bits per heavy atom. The molecular formula is C22H27BN4O5. The van der Waals surface area contributed by atoms with Gasteiger partial charge in [-0.25, -0.2) is 0 Å². The summed E-state index contributed by atoms with van der Waals surface area (Å²) >= 11 is 0. The Morgan fingerprint density at radius 2 is 1.75 bits per heavy atom. The summed E-state index contributed by atoms with van der Waals surface area (Å²) < 4.78 is 0. The van der Waals surface area contributed by atoms with Crippen LogP contribution in [0.15, 0.2) is 60.3 Å². The van der Waals surface area contributed by atoms with E-state index in [0.29, 0.717) is 5.56 Å². The molecule has 0 aliphatic carbocycles. The highest BCUT2D eigenvalue weighted by Gasteiger charge is 2.26. The van der Waals surface area contributed by atoms with Crippen molar-refractivity contribution in [1.82, 2.24) is 20.9 Å². The van der Waals surface area contributed by atoms with Crippen molar-refractivity contribution in [3.63, 3.8) is 0 Å². The molecule has 9 nitrogen and oxygen atoms in total. The Balaban J connectivity index is 2.17. The van der Waals surface area contributed by atoms with Crippen molar-refractivity contribution in [2.45, 2.75) is 26.8 Å². The maximum atomic E-state index is 12.8. The van der Waals surface area contributed by atoms with E-state index in [1.165, 1.54) is 18.3 Å². The molecule has 1 atom stereocenters. The van der Waals surface area contributed by atoms with Crippen LogP contribution in [0, 0.1) is 12.8 Å². The Labute approximate surface area is 187 Å². The molecule has 0 unspecified atom stereocenters. The topological polar surface area (TPSA) is 141 Å². The van der Waals surface area contributed by atoms with Crippen LogP contribution in [0.25, 0.3) is 0 Å². The third kappa shape index (κ3) is 7.64. The van der Waals surface area contributed by atoms with E-state index in [2.05, 4.69) is 20.9 Å². The van der Waals surface area contributed by atoms with Crippen LogP contribution in [-0.4, -0.2) is 52.5 Å². The van der Waals surface area contributed by atoms with E-state index in [9.17, 15) is 24.4 Å². The average Bonchev–Trinajstić information content (AvgIpc) is 2.76. The zero-order chi connectivity index (χ0) is 23.7. The average molecular weight is 438 g/mol. The Hall–Kier alpha value is -3.50. The van der Waals surface area contributed by atoms with Crippen molar-refractivity contribution in [2.75, 3.05) is 6.54 Å². The maximum Gasteiger partial charge on any atom is 0.505 e. The van der Waals surface area contributed by atoms with Crippen molar-refractivity contribution in [2.24, 2.45) is 5.92 Å². The van der Waals surface area contributed by atoms with Gasteiger partial charge in [0.15, 0.2) is 0 Å². The molecule has 2 aromatic rings. The molecule has 0 aliphatic rings. The van der Waals surface area contributed by atoms with Gasteiger partial charge in [0.2, 0.25) is 5.91 Å². The Morgan fingerprint density at radius 1 is 1.06 bits per heavy atom. The van der Waals surface area contributed by atoms with Crippen molar-refractivity contribution in [1.29, 1.82) is 0 Å². The summed E-state index contributed by atoms with van der Waals surface area (Å²) in [5, 5.41) is 26.7. The van der Waals surface area contributed by atoms with Gasteiger partial charge < -0.3 is 26.0 Å². The lowest BCUT2D eigenvalue weighted by molar-refractivity contribution is -0.122. The first-order chi connectivity index (χ1) is 15.2. The number of carbonyl (C=O) groups excluding carboxylic acids is 3. The third-order valence-corrected chi connectivity index (χ3v) is 4.36. The summed E-state index contributed by atoms with van der Waals surface area (Å²) in [4.78, 5) is 41.8. The molecule has 168 valence electrons. The van der Waals surface area contributed by atoms with Crippen LogP contribution in [0.5, 0.6) is 0 Å². The molecule has 0 aliphatic heterocycles.